The van der Waals surface area contributed by atoms with Gasteiger partial charge in [0.25, 0.3) is 0 Å². The van der Waals surface area contributed by atoms with Crippen molar-refractivity contribution in [3.05, 3.63) is 133 Å². The van der Waals surface area contributed by atoms with Crippen LogP contribution in [0.2, 0.25) is 0 Å². The van der Waals surface area contributed by atoms with Gasteiger partial charge in [-0.3, -0.25) is 0 Å². The maximum absolute atomic E-state index is 12.3. The lowest BCUT2D eigenvalue weighted by Crippen LogP contribution is -2.53. The number of aliphatic hydroxyl groups is 4. The van der Waals surface area contributed by atoms with E-state index in [0.717, 1.165) is 11.1 Å². The number of rotatable bonds is 27. The molecule has 2 aromatic rings. The lowest BCUT2D eigenvalue weighted by atomic mass is 9.78. The molecule has 2 aromatic carbocycles. The first-order valence-corrected chi connectivity index (χ1v) is 21.3. The minimum absolute atomic E-state index is 0.0152. The van der Waals surface area contributed by atoms with Crippen LogP contribution in [0.25, 0.3) is 0 Å². The van der Waals surface area contributed by atoms with E-state index in [1.54, 1.807) is 0 Å². The molecule has 4 N–H and O–H groups in total. The highest BCUT2D eigenvalue weighted by Gasteiger charge is 2.43. The maximum Gasteiger partial charge on any atom is 0.333 e. The van der Waals surface area contributed by atoms with E-state index in [0.29, 0.717) is 11.5 Å². The van der Waals surface area contributed by atoms with Crippen molar-refractivity contribution >= 4 is 35.8 Å². The Kier molecular flexibility index (Phi) is 25.4. The van der Waals surface area contributed by atoms with Gasteiger partial charge in [0.1, 0.15) is 62.8 Å². The molecule has 0 spiro atoms. The Labute approximate surface area is 403 Å². The van der Waals surface area contributed by atoms with Gasteiger partial charge in [0.15, 0.2) is 18.3 Å². The second-order valence-corrected chi connectivity index (χ2v) is 16.5. The molecule has 0 saturated carbocycles. The smallest absolute Gasteiger partial charge is 0.333 e. The molecule has 18 nitrogen and oxygen atoms in total. The predicted octanol–water partition coefficient (Wildman–Crippen LogP) is 4.65. The van der Waals surface area contributed by atoms with Crippen molar-refractivity contribution in [2.75, 3.05) is 39.6 Å². The van der Waals surface area contributed by atoms with Gasteiger partial charge >= 0.3 is 35.8 Å². The van der Waals surface area contributed by atoms with Crippen LogP contribution in [0.5, 0.6) is 11.5 Å². The van der Waals surface area contributed by atoms with Crippen LogP contribution in [0, 0.1) is 0 Å². The second-order valence-electron chi connectivity index (χ2n) is 16.5. The molecule has 0 aliphatic rings. The summed E-state index contributed by atoms with van der Waals surface area (Å²) in [6.07, 6.45) is -8.70. The third-order valence-corrected chi connectivity index (χ3v) is 9.32. The zero-order chi connectivity index (χ0) is 52.8. The zero-order valence-corrected chi connectivity index (χ0v) is 40.6. The Morgan fingerprint density at radius 1 is 0.464 bits per heavy atom. The third kappa shape index (κ3) is 21.3. The molecule has 0 bridgehead atoms. The molecule has 2 rings (SSSR count). The van der Waals surface area contributed by atoms with Crippen LogP contribution < -0.4 is 9.47 Å². The highest BCUT2D eigenvalue weighted by Crippen LogP contribution is 2.33. The van der Waals surface area contributed by atoms with E-state index in [1.807, 2.05) is 48.5 Å². The molecule has 0 amide bonds. The maximum atomic E-state index is 12.3. The number of hydrogen-bond donors (Lipinski definition) is 4. The molecular weight excluding hydrogens is 901 g/mol. The molecule has 378 valence electrons. The molecule has 0 fully saturated rings. The second kappa shape index (κ2) is 29.1. The lowest BCUT2D eigenvalue weighted by molar-refractivity contribution is -0.197. The molecule has 0 radical (unpaired) electrons. The Hall–Kier alpha value is -6.86. The zero-order valence-electron chi connectivity index (χ0n) is 40.6. The topological polar surface area (TPSA) is 257 Å². The molecular formula is C51H66O18. The first-order chi connectivity index (χ1) is 32.1. The Bertz CT molecular complexity index is 2080. The molecule has 2 unspecified atom stereocenters. The van der Waals surface area contributed by atoms with E-state index < -0.39 is 85.7 Å². The number of carbonyl (C=O) groups is 6. The number of ether oxygens (including phenoxy) is 8. The molecule has 0 aromatic heterocycles. The van der Waals surface area contributed by atoms with Gasteiger partial charge in [0.05, 0.1) is 6.61 Å². The number of hydrogen-bond acceptors (Lipinski definition) is 18. The minimum atomic E-state index is -1.77. The number of carbonyl (C=O) groups excluding carboxylic acids is 6. The monoisotopic (exact) mass is 966 g/mol. The van der Waals surface area contributed by atoms with E-state index in [1.165, 1.54) is 41.5 Å². The molecule has 0 saturated heterocycles. The number of aliphatic hydroxyl groups excluding tert-OH is 4. The van der Waals surface area contributed by atoms with Gasteiger partial charge in [-0.25, -0.2) is 28.8 Å². The van der Waals surface area contributed by atoms with E-state index in [2.05, 4.69) is 53.3 Å². The average Bonchev–Trinajstić information content (AvgIpc) is 3.30. The number of esters is 6. The van der Waals surface area contributed by atoms with E-state index in [9.17, 15) is 49.2 Å². The molecule has 69 heavy (non-hydrogen) atoms. The summed E-state index contributed by atoms with van der Waals surface area (Å²) < 4.78 is 41.7. The van der Waals surface area contributed by atoms with Gasteiger partial charge in [-0.05, 0) is 76.9 Å². The highest BCUT2D eigenvalue weighted by molar-refractivity contribution is 5.89. The molecule has 0 aliphatic heterocycles. The van der Waals surface area contributed by atoms with E-state index in [-0.39, 0.29) is 65.3 Å². The van der Waals surface area contributed by atoms with Gasteiger partial charge in [0, 0.05) is 38.9 Å². The number of benzene rings is 2. The minimum Gasteiger partial charge on any atom is -0.491 e. The summed E-state index contributed by atoms with van der Waals surface area (Å²) in [4.78, 5) is 71.2. The lowest BCUT2D eigenvalue weighted by Gasteiger charge is -2.34. The van der Waals surface area contributed by atoms with Crippen molar-refractivity contribution < 1.29 is 87.1 Å². The predicted molar refractivity (Wildman–Crippen MR) is 253 cm³/mol. The molecule has 6 atom stereocenters. The fraction of sp³-hybridized carbons (Fsp3) is 0.412. The summed E-state index contributed by atoms with van der Waals surface area (Å²) >= 11 is 0. The first kappa shape index (κ1) is 60.2. The average molecular weight is 967 g/mol. The van der Waals surface area contributed by atoms with Crippen LogP contribution in [0.4, 0.5) is 0 Å². The summed E-state index contributed by atoms with van der Waals surface area (Å²) in [6, 6.07) is 15.1. The van der Waals surface area contributed by atoms with Crippen LogP contribution in [0.3, 0.4) is 0 Å². The van der Waals surface area contributed by atoms with Crippen molar-refractivity contribution in [2.45, 2.75) is 97.4 Å². The highest BCUT2D eigenvalue weighted by atomic mass is 16.6. The molecule has 0 aliphatic carbocycles. The summed E-state index contributed by atoms with van der Waals surface area (Å²) in [6.45, 7) is 31.4. The normalized spacial score (nSPS) is 13.3. The largest absolute Gasteiger partial charge is 0.491 e. The first-order valence-electron chi connectivity index (χ1n) is 21.3. The van der Waals surface area contributed by atoms with Gasteiger partial charge in [-0.2, -0.15) is 0 Å². The van der Waals surface area contributed by atoms with Crippen molar-refractivity contribution in [1.82, 2.24) is 0 Å². The van der Waals surface area contributed by atoms with Gasteiger partial charge < -0.3 is 58.3 Å². The summed E-state index contributed by atoms with van der Waals surface area (Å²) in [5.74, 6) is -3.69. The molecule has 0 heterocycles. The summed E-state index contributed by atoms with van der Waals surface area (Å²) in [7, 11) is 0. The standard InChI is InChI=1S/C29H36O8.C22H30O10/c1-19(2)27(32)36-17-23(30)15-34-25-11-7-21(8-12-25)29(5,6)22-9-13-26(14-10-22)35-16-24(31)18-37-28(33)20(3)4;1-11(2)19(25)29-10-16(30-20(26)12(3)4)18(32-22(28)14(7)8)17(15(24)9-23)31-21(27)13(5)6/h7-14,23-24,30-31H,1,3,15-18H2,2,4-6H3;15-18,23-24H,1,3,5,7,9-10H2,2,4,6,8H3/t;15-,16+,17-,18-/m.1/s1. The van der Waals surface area contributed by atoms with Crippen LogP contribution >= 0.6 is 0 Å². The van der Waals surface area contributed by atoms with Crippen LogP contribution in [-0.4, -0.2) is 133 Å². The SMILES string of the molecule is C=C(C)C(=O)OCC(O)COc1ccc(C(C)(C)c2ccc(OCC(O)COC(=O)C(=C)C)cc2)cc1.C=C(C)C(=O)OC[C@H](OC(=O)C(=C)C)[C@@H](OC(=O)C(=C)C)[C@H](OC(=O)C(=C)C)[C@H](O)CO. The fourth-order valence-corrected chi connectivity index (χ4v) is 5.16. The van der Waals surface area contributed by atoms with Crippen molar-refractivity contribution in [3.8, 4) is 11.5 Å². The summed E-state index contributed by atoms with van der Waals surface area (Å²) in [5, 5.41) is 39.6. The fourth-order valence-electron chi connectivity index (χ4n) is 5.16. The van der Waals surface area contributed by atoms with Crippen LogP contribution in [0.1, 0.15) is 66.5 Å². The Morgan fingerprint density at radius 2 is 0.768 bits per heavy atom. The van der Waals surface area contributed by atoms with Crippen LogP contribution in [-0.2, 0) is 62.6 Å². The van der Waals surface area contributed by atoms with E-state index in [4.69, 9.17) is 37.9 Å². The quantitative estimate of drug-likeness (QED) is 0.0540. The van der Waals surface area contributed by atoms with Gasteiger partial charge in [-0.15, -0.1) is 0 Å². The van der Waals surface area contributed by atoms with Crippen LogP contribution in [0.15, 0.2) is 121 Å². The summed E-state index contributed by atoms with van der Waals surface area (Å²) in [5.41, 5.74) is 2.20. The van der Waals surface area contributed by atoms with Crippen molar-refractivity contribution in [2.24, 2.45) is 0 Å². The molecule has 18 heteroatoms. The van der Waals surface area contributed by atoms with Gasteiger partial charge in [0.2, 0.25) is 0 Å². The van der Waals surface area contributed by atoms with E-state index >= 15 is 0 Å². The third-order valence-electron chi connectivity index (χ3n) is 9.32. The van der Waals surface area contributed by atoms with Gasteiger partial charge in [-0.1, -0.05) is 77.6 Å². The van der Waals surface area contributed by atoms with Crippen molar-refractivity contribution in [3.63, 3.8) is 0 Å². The Balaban J connectivity index is 0.000000699. The van der Waals surface area contributed by atoms with Crippen molar-refractivity contribution in [1.29, 1.82) is 0 Å². The Morgan fingerprint density at radius 3 is 1.09 bits per heavy atom.